The van der Waals surface area contributed by atoms with E-state index in [1.807, 2.05) is 30.3 Å². The van der Waals surface area contributed by atoms with Gasteiger partial charge in [-0.15, -0.1) is 0 Å². The summed E-state index contributed by atoms with van der Waals surface area (Å²) in [5, 5.41) is 1.71. The number of hydrogen-bond acceptors (Lipinski definition) is 3. The highest BCUT2D eigenvalue weighted by Crippen LogP contribution is 2.27. The quantitative estimate of drug-likeness (QED) is 0.791. The predicted molar refractivity (Wildman–Crippen MR) is 87.7 cm³/mol. The summed E-state index contributed by atoms with van der Waals surface area (Å²) in [5.41, 5.74) is 0.464. The van der Waals surface area contributed by atoms with Gasteiger partial charge in [0.25, 0.3) is 10.0 Å². The van der Waals surface area contributed by atoms with E-state index in [-0.39, 0.29) is 10.6 Å². The van der Waals surface area contributed by atoms with Gasteiger partial charge in [0.2, 0.25) is 0 Å². The fraction of sp³-hybridized carbons (Fsp3) is 0.0588. The van der Waals surface area contributed by atoms with E-state index in [1.54, 1.807) is 12.1 Å². The molecule has 0 amide bonds. The van der Waals surface area contributed by atoms with Crippen LogP contribution in [-0.2, 0) is 10.0 Å². The van der Waals surface area contributed by atoms with Crippen LogP contribution in [0.15, 0.2) is 65.6 Å². The first kappa shape index (κ1) is 15.3. The van der Waals surface area contributed by atoms with Crippen molar-refractivity contribution in [2.45, 2.75) is 4.90 Å². The zero-order valence-corrected chi connectivity index (χ0v) is 13.1. The number of halogens is 1. The smallest absolute Gasteiger partial charge is 0.262 e. The number of sulfonamides is 1. The van der Waals surface area contributed by atoms with E-state index in [4.69, 9.17) is 4.74 Å². The lowest BCUT2D eigenvalue weighted by Gasteiger charge is -2.11. The molecule has 0 bridgehead atoms. The van der Waals surface area contributed by atoms with Crippen molar-refractivity contribution < 1.29 is 17.5 Å². The van der Waals surface area contributed by atoms with Crippen LogP contribution in [0.2, 0.25) is 0 Å². The molecule has 3 aromatic rings. The number of hydrogen-bond donors (Lipinski definition) is 1. The number of rotatable bonds is 4. The van der Waals surface area contributed by atoms with Crippen molar-refractivity contribution in [3.8, 4) is 5.75 Å². The van der Waals surface area contributed by atoms with Crippen LogP contribution in [0.1, 0.15) is 0 Å². The second kappa shape index (κ2) is 5.89. The van der Waals surface area contributed by atoms with Crippen LogP contribution in [0.5, 0.6) is 5.75 Å². The first-order valence-corrected chi connectivity index (χ1v) is 8.34. The lowest BCUT2D eigenvalue weighted by molar-refractivity contribution is 0.385. The van der Waals surface area contributed by atoms with Gasteiger partial charge in [-0.1, -0.05) is 36.4 Å². The Kier molecular flexibility index (Phi) is 3.92. The van der Waals surface area contributed by atoms with E-state index in [2.05, 4.69) is 4.72 Å². The normalized spacial score (nSPS) is 11.4. The standard InChI is InChI=1S/C17H14FNO3S/c1-22-17-11-13(9-10-15(17)18)23(20,21)19-16-8-4-6-12-5-2-3-7-14(12)16/h2-11,19H,1H3. The highest BCUT2D eigenvalue weighted by Gasteiger charge is 2.17. The Labute approximate surface area is 133 Å². The molecule has 0 aliphatic carbocycles. The Balaban J connectivity index is 2.04. The summed E-state index contributed by atoms with van der Waals surface area (Å²) in [6.07, 6.45) is 0. The molecule has 23 heavy (non-hydrogen) atoms. The molecule has 6 heteroatoms. The van der Waals surface area contributed by atoms with E-state index in [0.717, 1.165) is 22.9 Å². The molecule has 3 aromatic carbocycles. The fourth-order valence-electron chi connectivity index (χ4n) is 2.33. The number of nitrogens with one attached hydrogen (secondary N) is 1. The van der Waals surface area contributed by atoms with Crippen molar-refractivity contribution in [2.24, 2.45) is 0 Å². The molecule has 0 aromatic heterocycles. The first-order chi connectivity index (χ1) is 11.0. The largest absolute Gasteiger partial charge is 0.494 e. The molecular weight excluding hydrogens is 317 g/mol. The van der Waals surface area contributed by atoms with E-state index >= 15 is 0 Å². The van der Waals surface area contributed by atoms with Gasteiger partial charge in [0.05, 0.1) is 17.7 Å². The lowest BCUT2D eigenvalue weighted by Crippen LogP contribution is -2.13. The van der Waals surface area contributed by atoms with E-state index in [0.29, 0.717) is 5.69 Å². The van der Waals surface area contributed by atoms with Crippen molar-refractivity contribution in [3.63, 3.8) is 0 Å². The third-order valence-electron chi connectivity index (χ3n) is 3.47. The average Bonchev–Trinajstić information content (AvgIpc) is 2.55. The molecule has 0 saturated carbocycles. The van der Waals surface area contributed by atoms with Gasteiger partial charge in [0, 0.05) is 11.5 Å². The van der Waals surface area contributed by atoms with Crippen molar-refractivity contribution in [3.05, 3.63) is 66.5 Å². The van der Waals surface area contributed by atoms with E-state index < -0.39 is 15.8 Å². The van der Waals surface area contributed by atoms with Crippen LogP contribution in [0, 0.1) is 5.82 Å². The maximum Gasteiger partial charge on any atom is 0.262 e. The van der Waals surface area contributed by atoms with Crippen LogP contribution >= 0.6 is 0 Å². The summed E-state index contributed by atoms with van der Waals surface area (Å²) in [6.45, 7) is 0. The molecule has 0 spiro atoms. The third kappa shape index (κ3) is 2.98. The monoisotopic (exact) mass is 331 g/mol. The Morgan fingerprint density at radius 3 is 2.52 bits per heavy atom. The number of methoxy groups -OCH3 is 1. The lowest BCUT2D eigenvalue weighted by atomic mass is 10.1. The van der Waals surface area contributed by atoms with Gasteiger partial charge in [-0.2, -0.15) is 0 Å². The predicted octanol–water partition coefficient (Wildman–Crippen LogP) is 3.79. The highest BCUT2D eigenvalue weighted by molar-refractivity contribution is 7.92. The van der Waals surface area contributed by atoms with Crippen LogP contribution < -0.4 is 9.46 Å². The number of fused-ring (bicyclic) bond motifs is 1. The maximum absolute atomic E-state index is 13.5. The van der Waals surface area contributed by atoms with Gasteiger partial charge in [-0.05, 0) is 23.6 Å². The topological polar surface area (TPSA) is 55.4 Å². The van der Waals surface area contributed by atoms with Crippen molar-refractivity contribution in [2.75, 3.05) is 11.8 Å². The molecule has 0 aliphatic heterocycles. The number of anilines is 1. The summed E-state index contributed by atoms with van der Waals surface area (Å²) in [6, 6.07) is 16.2. The van der Waals surface area contributed by atoms with Crippen molar-refractivity contribution >= 4 is 26.5 Å². The summed E-state index contributed by atoms with van der Waals surface area (Å²) in [5.74, 6) is -0.734. The van der Waals surface area contributed by atoms with Gasteiger partial charge in [0.15, 0.2) is 11.6 Å². The molecule has 0 heterocycles. The van der Waals surface area contributed by atoms with Crippen LogP contribution in [0.25, 0.3) is 10.8 Å². The van der Waals surface area contributed by atoms with Gasteiger partial charge in [0.1, 0.15) is 0 Å². The Bertz CT molecular complexity index is 965. The SMILES string of the molecule is COc1cc(S(=O)(=O)Nc2cccc3ccccc23)ccc1F. The minimum Gasteiger partial charge on any atom is -0.494 e. The average molecular weight is 331 g/mol. The Morgan fingerprint density at radius 1 is 1.00 bits per heavy atom. The summed E-state index contributed by atoms with van der Waals surface area (Å²) in [7, 11) is -2.57. The zero-order valence-electron chi connectivity index (χ0n) is 12.3. The van der Waals surface area contributed by atoms with E-state index in [1.165, 1.54) is 13.2 Å². The molecule has 3 rings (SSSR count). The minimum absolute atomic E-state index is 0.0660. The second-order valence-electron chi connectivity index (χ2n) is 4.93. The van der Waals surface area contributed by atoms with Crippen molar-refractivity contribution in [1.82, 2.24) is 0 Å². The maximum atomic E-state index is 13.5. The molecular formula is C17H14FNO3S. The van der Waals surface area contributed by atoms with Gasteiger partial charge >= 0.3 is 0 Å². The molecule has 0 saturated heterocycles. The van der Waals surface area contributed by atoms with E-state index in [9.17, 15) is 12.8 Å². The summed E-state index contributed by atoms with van der Waals surface area (Å²) in [4.78, 5) is -0.0660. The number of ether oxygens (including phenoxy) is 1. The number of benzene rings is 3. The molecule has 1 N–H and O–H groups in total. The minimum atomic E-state index is -3.85. The molecule has 0 radical (unpaired) electrons. The Morgan fingerprint density at radius 2 is 1.74 bits per heavy atom. The van der Waals surface area contributed by atoms with Crippen LogP contribution in [0.4, 0.5) is 10.1 Å². The molecule has 0 atom stereocenters. The summed E-state index contributed by atoms with van der Waals surface area (Å²) < 4.78 is 45.9. The van der Waals surface area contributed by atoms with Crippen LogP contribution in [0.3, 0.4) is 0 Å². The van der Waals surface area contributed by atoms with Gasteiger partial charge < -0.3 is 4.74 Å². The summed E-state index contributed by atoms with van der Waals surface area (Å²) >= 11 is 0. The van der Waals surface area contributed by atoms with Crippen LogP contribution in [-0.4, -0.2) is 15.5 Å². The van der Waals surface area contributed by atoms with Gasteiger partial charge in [-0.3, -0.25) is 4.72 Å². The molecule has 0 aliphatic rings. The molecule has 0 fully saturated rings. The third-order valence-corrected chi connectivity index (χ3v) is 4.83. The molecule has 4 nitrogen and oxygen atoms in total. The molecule has 118 valence electrons. The second-order valence-corrected chi connectivity index (χ2v) is 6.61. The van der Waals surface area contributed by atoms with Crippen molar-refractivity contribution in [1.29, 1.82) is 0 Å². The Hall–Kier alpha value is -2.60. The fourth-order valence-corrected chi connectivity index (χ4v) is 3.42. The first-order valence-electron chi connectivity index (χ1n) is 6.85. The zero-order chi connectivity index (χ0) is 16.4. The molecule has 0 unspecified atom stereocenters. The van der Waals surface area contributed by atoms with Gasteiger partial charge in [-0.25, -0.2) is 12.8 Å². The highest BCUT2D eigenvalue weighted by atomic mass is 32.2.